The van der Waals surface area contributed by atoms with Crippen LogP contribution >= 0.6 is 12.4 Å². The van der Waals surface area contributed by atoms with Crippen molar-refractivity contribution in [3.63, 3.8) is 0 Å². The Morgan fingerprint density at radius 1 is 1.26 bits per heavy atom. The van der Waals surface area contributed by atoms with Crippen molar-refractivity contribution in [2.75, 3.05) is 20.1 Å². The van der Waals surface area contributed by atoms with Gasteiger partial charge in [-0.15, -0.1) is 22.6 Å². The largest absolute Gasteiger partial charge is 0.334 e. The minimum Gasteiger partial charge on any atom is -0.334 e. The van der Waals surface area contributed by atoms with Gasteiger partial charge in [-0.1, -0.05) is 12.1 Å². The van der Waals surface area contributed by atoms with Gasteiger partial charge in [0.1, 0.15) is 5.82 Å². The van der Waals surface area contributed by atoms with Gasteiger partial charge in [-0.3, -0.25) is 9.36 Å². The summed E-state index contributed by atoms with van der Waals surface area (Å²) in [6.07, 6.45) is 2.25. The molecule has 1 aromatic heterocycles. The summed E-state index contributed by atoms with van der Waals surface area (Å²) >= 11 is 0. The molecule has 7 heteroatoms. The summed E-state index contributed by atoms with van der Waals surface area (Å²) < 4.78 is 2.09. The maximum Gasteiger partial charge on any atom is 0.256 e. The number of nitrogens with zero attached hydrogens (tertiary/aromatic N) is 4. The molecular formula is C16H20ClN5O. The third-order valence-corrected chi connectivity index (χ3v) is 4.52. The number of halogens is 1. The lowest BCUT2D eigenvalue weighted by molar-refractivity contribution is 0.0786. The number of aromatic nitrogens is 3. The highest BCUT2D eigenvalue weighted by atomic mass is 35.5. The average molecular weight is 334 g/mol. The molecule has 0 aliphatic carbocycles. The minimum atomic E-state index is 0. The van der Waals surface area contributed by atoms with Crippen LogP contribution in [0.1, 0.15) is 40.8 Å². The normalized spacial score (nSPS) is 20.3. The summed E-state index contributed by atoms with van der Waals surface area (Å²) in [5.74, 6) is 2.19. The number of fused-ring (bicyclic) bond motifs is 3. The van der Waals surface area contributed by atoms with Crippen molar-refractivity contribution >= 4 is 18.3 Å². The van der Waals surface area contributed by atoms with Crippen molar-refractivity contribution in [1.29, 1.82) is 0 Å². The Morgan fingerprint density at radius 3 is 2.87 bits per heavy atom. The second-order valence-electron chi connectivity index (χ2n) is 6.03. The van der Waals surface area contributed by atoms with Crippen molar-refractivity contribution in [2.45, 2.75) is 25.3 Å². The molecule has 1 unspecified atom stereocenters. The van der Waals surface area contributed by atoms with E-state index in [0.29, 0.717) is 18.0 Å². The third kappa shape index (κ3) is 2.62. The summed E-state index contributed by atoms with van der Waals surface area (Å²) in [4.78, 5) is 14.2. The van der Waals surface area contributed by atoms with Crippen molar-refractivity contribution in [2.24, 2.45) is 0 Å². The highest BCUT2D eigenvalue weighted by molar-refractivity contribution is 5.98. The Bertz CT molecular complexity index is 723. The standard InChI is InChI=1S/C16H19N5O.ClH/c1-20-10-14-18-19-15(11-5-4-8-17-9-11)21(14)13-7-3-2-6-12(13)16(20)22;/h2-3,6-7,11,17H,4-5,8-10H2,1H3;1H. The van der Waals surface area contributed by atoms with Crippen LogP contribution in [-0.2, 0) is 6.54 Å². The Hall–Kier alpha value is -1.92. The van der Waals surface area contributed by atoms with Gasteiger partial charge in [0.25, 0.3) is 5.91 Å². The molecule has 1 amide bonds. The number of carbonyl (C=O) groups is 1. The van der Waals surface area contributed by atoms with Crippen LogP contribution < -0.4 is 5.32 Å². The number of carbonyl (C=O) groups excluding carboxylic acids is 1. The van der Waals surface area contributed by atoms with Crippen molar-refractivity contribution in [3.05, 3.63) is 41.5 Å². The number of hydrogen-bond acceptors (Lipinski definition) is 4. The lowest BCUT2D eigenvalue weighted by Gasteiger charge is -2.23. The van der Waals surface area contributed by atoms with E-state index >= 15 is 0 Å². The summed E-state index contributed by atoms with van der Waals surface area (Å²) in [6, 6.07) is 7.73. The van der Waals surface area contributed by atoms with Gasteiger partial charge in [0.15, 0.2) is 5.82 Å². The number of hydrogen-bond donors (Lipinski definition) is 1. The van der Waals surface area contributed by atoms with Crippen LogP contribution in [0.3, 0.4) is 0 Å². The van der Waals surface area contributed by atoms with Crippen LogP contribution in [0, 0.1) is 0 Å². The van der Waals surface area contributed by atoms with E-state index in [9.17, 15) is 4.79 Å². The predicted molar refractivity (Wildman–Crippen MR) is 89.2 cm³/mol. The van der Waals surface area contributed by atoms with E-state index in [1.165, 1.54) is 0 Å². The van der Waals surface area contributed by atoms with Crippen molar-refractivity contribution in [1.82, 2.24) is 25.0 Å². The van der Waals surface area contributed by atoms with Crippen LogP contribution in [0.25, 0.3) is 5.69 Å². The number of nitrogens with one attached hydrogen (secondary N) is 1. The molecule has 3 heterocycles. The summed E-state index contributed by atoms with van der Waals surface area (Å²) in [5.41, 5.74) is 1.62. The van der Waals surface area contributed by atoms with Crippen LogP contribution in [0.5, 0.6) is 0 Å². The topological polar surface area (TPSA) is 63.1 Å². The second kappa shape index (κ2) is 6.29. The van der Waals surface area contributed by atoms with E-state index in [4.69, 9.17) is 0 Å². The first-order chi connectivity index (χ1) is 10.8. The van der Waals surface area contributed by atoms with Crippen LogP contribution in [0.15, 0.2) is 24.3 Å². The first-order valence-corrected chi connectivity index (χ1v) is 7.75. The molecule has 0 radical (unpaired) electrons. The molecule has 1 saturated heterocycles. The number of para-hydroxylation sites is 1. The molecule has 1 atom stereocenters. The molecule has 1 N–H and O–H groups in total. The van der Waals surface area contributed by atoms with E-state index in [0.717, 1.165) is 43.3 Å². The van der Waals surface area contributed by atoms with Gasteiger partial charge >= 0.3 is 0 Å². The predicted octanol–water partition coefficient (Wildman–Crippen LogP) is 1.74. The SMILES string of the molecule is CN1Cc2nnc(C3CCCNC3)n2-c2ccccc2C1=O.Cl. The molecule has 0 saturated carbocycles. The Balaban J connectivity index is 0.00000156. The van der Waals surface area contributed by atoms with Crippen molar-refractivity contribution < 1.29 is 4.79 Å². The zero-order chi connectivity index (χ0) is 15.1. The van der Waals surface area contributed by atoms with Crippen LogP contribution in [0.2, 0.25) is 0 Å². The highest BCUT2D eigenvalue weighted by Crippen LogP contribution is 2.29. The fourth-order valence-corrected chi connectivity index (χ4v) is 3.37. The first-order valence-electron chi connectivity index (χ1n) is 7.75. The smallest absolute Gasteiger partial charge is 0.256 e. The van der Waals surface area contributed by atoms with Crippen molar-refractivity contribution in [3.8, 4) is 5.69 Å². The molecule has 0 spiro atoms. The molecule has 2 aromatic rings. The van der Waals surface area contributed by atoms with Gasteiger partial charge in [0, 0.05) is 19.5 Å². The Labute approximate surface area is 141 Å². The van der Waals surface area contributed by atoms with Crippen LogP contribution in [-0.4, -0.2) is 45.7 Å². The highest BCUT2D eigenvalue weighted by Gasteiger charge is 2.30. The molecular weight excluding hydrogens is 314 g/mol. The van der Waals surface area contributed by atoms with E-state index in [1.54, 1.807) is 4.90 Å². The number of piperidine rings is 1. The molecule has 1 aromatic carbocycles. The molecule has 2 aliphatic heterocycles. The van der Waals surface area contributed by atoms with E-state index in [1.807, 2.05) is 31.3 Å². The second-order valence-corrected chi connectivity index (χ2v) is 6.03. The van der Waals surface area contributed by atoms with Crippen LogP contribution in [0.4, 0.5) is 0 Å². The number of benzene rings is 1. The molecule has 23 heavy (non-hydrogen) atoms. The van der Waals surface area contributed by atoms with Gasteiger partial charge in [0.05, 0.1) is 17.8 Å². The van der Waals surface area contributed by atoms with Gasteiger partial charge in [-0.2, -0.15) is 0 Å². The molecule has 1 fully saturated rings. The Kier molecular flexibility index (Phi) is 4.37. The maximum atomic E-state index is 12.5. The van der Waals surface area contributed by atoms with E-state index in [-0.39, 0.29) is 18.3 Å². The van der Waals surface area contributed by atoms with Gasteiger partial charge in [0.2, 0.25) is 0 Å². The van der Waals surface area contributed by atoms with E-state index < -0.39 is 0 Å². The average Bonchev–Trinajstić information content (AvgIpc) is 2.94. The monoisotopic (exact) mass is 333 g/mol. The number of amides is 1. The quantitative estimate of drug-likeness (QED) is 0.863. The molecule has 6 nitrogen and oxygen atoms in total. The molecule has 4 rings (SSSR count). The lowest BCUT2D eigenvalue weighted by Crippen LogP contribution is -2.30. The van der Waals surface area contributed by atoms with Gasteiger partial charge in [-0.05, 0) is 31.5 Å². The fraction of sp³-hybridized carbons (Fsp3) is 0.438. The van der Waals surface area contributed by atoms with Gasteiger partial charge in [-0.25, -0.2) is 0 Å². The summed E-state index contributed by atoms with van der Waals surface area (Å²) in [6.45, 7) is 2.47. The molecule has 122 valence electrons. The minimum absolute atomic E-state index is 0. The first kappa shape index (κ1) is 16.0. The fourth-order valence-electron chi connectivity index (χ4n) is 3.37. The summed E-state index contributed by atoms with van der Waals surface area (Å²) in [7, 11) is 1.81. The zero-order valence-electron chi connectivity index (χ0n) is 13.0. The van der Waals surface area contributed by atoms with Gasteiger partial charge < -0.3 is 10.2 Å². The van der Waals surface area contributed by atoms with E-state index in [2.05, 4.69) is 20.1 Å². The zero-order valence-corrected chi connectivity index (χ0v) is 13.8. The number of rotatable bonds is 1. The summed E-state index contributed by atoms with van der Waals surface area (Å²) in [5, 5.41) is 12.3. The molecule has 0 bridgehead atoms. The lowest BCUT2D eigenvalue weighted by atomic mass is 9.98. The third-order valence-electron chi connectivity index (χ3n) is 4.52. The molecule has 2 aliphatic rings. The maximum absolute atomic E-state index is 12.5. The Morgan fingerprint density at radius 2 is 2.09 bits per heavy atom.